The first-order chi connectivity index (χ1) is 14.9. The van der Waals surface area contributed by atoms with Crippen molar-refractivity contribution in [2.24, 2.45) is 5.73 Å². The van der Waals surface area contributed by atoms with Crippen molar-refractivity contribution >= 4 is 34.9 Å². The van der Waals surface area contributed by atoms with Crippen LogP contribution in [0.1, 0.15) is 41.1 Å². The number of nitrogens with zero attached hydrogens (tertiary/aromatic N) is 2. The van der Waals surface area contributed by atoms with E-state index in [1.807, 2.05) is 6.07 Å². The van der Waals surface area contributed by atoms with E-state index in [1.165, 1.54) is 5.01 Å². The van der Waals surface area contributed by atoms with Crippen molar-refractivity contribution in [1.29, 1.82) is 5.26 Å². The molecule has 0 saturated heterocycles. The SMILES string of the molecule is N#CC1=C(N)N(NC(=O)c2ccc(Cl)cc2)C2=C(C(=O)CCC2)C1c1cccc(Cl)c1. The van der Waals surface area contributed by atoms with E-state index < -0.39 is 11.8 Å². The van der Waals surface area contributed by atoms with Gasteiger partial charge >= 0.3 is 0 Å². The second-order valence-electron chi connectivity index (χ2n) is 7.32. The Labute approximate surface area is 189 Å². The highest BCUT2D eigenvalue weighted by molar-refractivity contribution is 6.31. The van der Waals surface area contributed by atoms with Gasteiger partial charge < -0.3 is 5.73 Å². The van der Waals surface area contributed by atoms with Gasteiger partial charge in [0, 0.05) is 33.3 Å². The lowest BCUT2D eigenvalue weighted by Crippen LogP contribution is -2.48. The van der Waals surface area contributed by atoms with Crippen LogP contribution in [0.5, 0.6) is 0 Å². The Hall–Kier alpha value is -3.27. The number of hydrogen-bond acceptors (Lipinski definition) is 5. The van der Waals surface area contributed by atoms with Crippen LogP contribution >= 0.6 is 23.2 Å². The third-order valence-electron chi connectivity index (χ3n) is 5.42. The molecule has 8 heteroatoms. The lowest BCUT2D eigenvalue weighted by atomic mass is 9.76. The average molecular weight is 453 g/mol. The number of nitriles is 1. The van der Waals surface area contributed by atoms with Gasteiger partial charge in [-0.1, -0.05) is 35.3 Å². The zero-order valence-electron chi connectivity index (χ0n) is 16.4. The van der Waals surface area contributed by atoms with Crippen molar-refractivity contribution in [2.75, 3.05) is 0 Å². The number of hydrogen-bond donors (Lipinski definition) is 2. The van der Waals surface area contributed by atoms with Crippen LogP contribution in [0.15, 0.2) is 71.2 Å². The number of rotatable bonds is 3. The first kappa shape index (κ1) is 21.0. The summed E-state index contributed by atoms with van der Waals surface area (Å²) in [5, 5.41) is 12.3. The summed E-state index contributed by atoms with van der Waals surface area (Å²) in [7, 11) is 0. The van der Waals surface area contributed by atoms with Crippen molar-refractivity contribution in [3.05, 3.63) is 92.4 Å². The van der Waals surface area contributed by atoms with Gasteiger partial charge in [0.25, 0.3) is 5.91 Å². The summed E-state index contributed by atoms with van der Waals surface area (Å²) in [6.07, 6.45) is 1.54. The van der Waals surface area contributed by atoms with E-state index in [-0.39, 0.29) is 17.2 Å². The second kappa shape index (κ2) is 8.46. The van der Waals surface area contributed by atoms with Crippen molar-refractivity contribution in [3.8, 4) is 6.07 Å². The highest BCUT2D eigenvalue weighted by Gasteiger charge is 2.40. The van der Waals surface area contributed by atoms with Crippen LogP contribution in [-0.2, 0) is 4.79 Å². The third kappa shape index (κ3) is 3.90. The number of amides is 1. The number of carbonyl (C=O) groups excluding carboxylic acids is 2. The van der Waals surface area contributed by atoms with Gasteiger partial charge in [0.2, 0.25) is 0 Å². The maximum atomic E-state index is 13.0. The van der Waals surface area contributed by atoms with Gasteiger partial charge in [-0.25, -0.2) is 5.01 Å². The van der Waals surface area contributed by atoms with Gasteiger partial charge in [-0.3, -0.25) is 15.0 Å². The molecule has 6 nitrogen and oxygen atoms in total. The molecule has 1 heterocycles. The summed E-state index contributed by atoms with van der Waals surface area (Å²) in [4.78, 5) is 25.8. The maximum absolute atomic E-state index is 13.0. The third-order valence-corrected chi connectivity index (χ3v) is 5.90. The van der Waals surface area contributed by atoms with Gasteiger partial charge in [-0.2, -0.15) is 5.26 Å². The summed E-state index contributed by atoms with van der Waals surface area (Å²) >= 11 is 12.1. The molecule has 1 unspecified atom stereocenters. The molecule has 0 bridgehead atoms. The van der Waals surface area contributed by atoms with E-state index in [4.69, 9.17) is 28.9 Å². The normalized spacial score (nSPS) is 18.5. The van der Waals surface area contributed by atoms with E-state index in [2.05, 4.69) is 11.5 Å². The zero-order chi connectivity index (χ0) is 22.1. The first-order valence-corrected chi connectivity index (χ1v) is 10.4. The Morgan fingerprint density at radius 1 is 1.13 bits per heavy atom. The standard InChI is InChI=1S/C23H18Cl2N4O2/c24-15-9-7-13(8-10-15)23(31)28-29-18-5-2-6-19(30)21(18)20(17(12-26)22(29)27)14-3-1-4-16(25)11-14/h1,3-4,7-11,20H,2,5-6,27H2,(H,28,31). The fourth-order valence-corrected chi connectivity index (χ4v) is 4.33. The topological polar surface area (TPSA) is 99.2 Å². The van der Waals surface area contributed by atoms with E-state index in [0.717, 1.165) is 0 Å². The van der Waals surface area contributed by atoms with Crippen molar-refractivity contribution in [2.45, 2.75) is 25.2 Å². The van der Waals surface area contributed by atoms with Crippen molar-refractivity contribution < 1.29 is 9.59 Å². The molecule has 0 spiro atoms. The fourth-order valence-electron chi connectivity index (χ4n) is 4.00. The van der Waals surface area contributed by atoms with E-state index in [9.17, 15) is 14.9 Å². The van der Waals surface area contributed by atoms with Crippen LogP contribution in [-0.4, -0.2) is 16.7 Å². The first-order valence-electron chi connectivity index (χ1n) is 9.69. The molecule has 4 rings (SSSR count). The molecule has 0 radical (unpaired) electrons. The van der Waals surface area contributed by atoms with E-state index in [1.54, 1.807) is 42.5 Å². The summed E-state index contributed by atoms with van der Waals surface area (Å²) < 4.78 is 0. The van der Waals surface area contributed by atoms with Crippen LogP contribution in [0.4, 0.5) is 0 Å². The molecule has 1 atom stereocenters. The molecule has 156 valence electrons. The summed E-state index contributed by atoms with van der Waals surface area (Å²) in [6, 6.07) is 15.6. The number of allylic oxidation sites excluding steroid dienone is 3. The molecular formula is C23H18Cl2N4O2. The zero-order valence-corrected chi connectivity index (χ0v) is 17.9. The van der Waals surface area contributed by atoms with Crippen molar-refractivity contribution in [1.82, 2.24) is 10.4 Å². The lowest BCUT2D eigenvalue weighted by Gasteiger charge is -2.39. The smallest absolute Gasteiger partial charge is 0.270 e. The number of halogens is 2. The predicted molar refractivity (Wildman–Crippen MR) is 118 cm³/mol. The monoisotopic (exact) mass is 452 g/mol. The Balaban J connectivity index is 1.81. The number of ketones is 1. The number of nitrogens with one attached hydrogen (secondary N) is 1. The molecule has 0 fully saturated rings. The molecule has 0 aromatic heterocycles. The minimum absolute atomic E-state index is 0.0720. The van der Waals surface area contributed by atoms with Crippen LogP contribution in [0, 0.1) is 11.3 Å². The minimum Gasteiger partial charge on any atom is -0.383 e. The predicted octanol–water partition coefficient (Wildman–Crippen LogP) is 4.44. The van der Waals surface area contributed by atoms with Gasteiger partial charge in [0.1, 0.15) is 5.82 Å². The molecule has 0 saturated carbocycles. The molecule has 31 heavy (non-hydrogen) atoms. The minimum atomic E-state index is -0.629. The van der Waals surface area contributed by atoms with Crippen LogP contribution in [0.25, 0.3) is 0 Å². The lowest BCUT2D eigenvalue weighted by molar-refractivity contribution is -0.116. The van der Waals surface area contributed by atoms with E-state index >= 15 is 0 Å². The van der Waals surface area contributed by atoms with Crippen LogP contribution in [0.3, 0.4) is 0 Å². The van der Waals surface area contributed by atoms with Crippen molar-refractivity contribution in [3.63, 3.8) is 0 Å². The summed E-state index contributed by atoms with van der Waals surface area (Å²) in [5.74, 6) is -1.04. The highest BCUT2D eigenvalue weighted by atomic mass is 35.5. The summed E-state index contributed by atoms with van der Waals surface area (Å²) in [5.41, 5.74) is 11.5. The largest absolute Gasteiger partial charge is 0.383 e. The van der Waals surface area contributed by atoms with Gasteiger partial charge in [-0.05, 0) is 54.8 Å². The fraction of sp³-hybridized carbons (Fsp3) is 0.174. The number of carbonyl (C=O) groups is 2. The van der Waals surface area contributed by atoms with Gasteiger partial charge in [0.05, 0.1) is 17.6 Å². The van der Waals surface area contributed by atoms with E-state index in [0.29, 0.717) is 51.7 Å². The molecule has 2 aromatic rings. The molecule has 1 amide bonds. The quantitative estimate of drug-likeness (QED) is 0.716. The molecule has 2 aliphatic rings. The maximum Gasteiger partial charge on any atom is 0.270 e. The number of Topliss-reactive ketones (excluding diaryl/α,β-unsaturated/α-hetero) is 1. The van der Waals surface area contributed by atoms with Crippen LogP contribution < -0.4 is 11.2 Å². The number of nitrogens with two attached hydrogens (primary N) is 1. The van der Waals surface area contributed by atoms with Gasteiger partial charge in [-0.15, -0.1) is 0 Å². The second-order valence-corrected chi connectivity index (χ2v) is 8.19. The Morgan fingerprint density at radius 3 is 2.55 bits per heavy atom. The molecular weight excluding hydrogens is 435 g/mol. The Kier molecular flexibility index (Phi) is 5.73. The van der Waals surface area contributed by atoms with Gasteiger partial charge in [0.15, 0.2) is 5.78 Å². The highest BCUT2D eigenvalue weighted by Crippen LogP contribution is 2.44. The Morgan fingerprint density at radius 2 is 1.87 bits per heavy atom. The van der Waals surface area contributed by atoms with Crippen LogP contribution in [0.2, 0.25) is 10.0 Å². The molecule has 1 aliphatic carbocycles. The number of hydrazine groups is 1. The Bertz CT molecular complexity index is 1180. The summed E-state index contributed by atoms with van der Waals surface area (Å²) in [6.45, 7) is 0. The molecule has 3 N–H and O–H groups in total. The average Bonchev–Trinajstić information content (AvgIpc) is 2.75. The molecule has 2 aromatic carbocycles. The number of benzene rings is 2. The molecule has 1 aliphatic heterocycles.